The molecule has 0 amide bonds. The van der Waals surface area contributed by atoms with E-state index in [4.69, 9.17) is 11.6 Å². The number of nitrogens with one attached hydrogen (secondary N) is 1. The van der Waals surface area contributed by atoms with Crippen molar-refractivity contribution >= 4 is 55.5 Å². The van der Waals surface area contributed by atoms with Crippen molar-refractivity contribution in [2.45, 2.75) is 11.8 Å². The van der Waals surface area contributed by atoms with Gasteiger partial charge in [0.15, 0.2) is 0 Å². The average Bonchev–Trinajstić information content (AvgIpc) is 2.46. The molecule has 0 radical (unpaired) electrons. The molecule has 2 rings (SSSR count). The van der Waals surface area contributed by atoms with Gasteiger partial charge in [-0.1, -0.05) is 27.5 Å². The van der Waals surface area contributed by atoms with Crippen LogP contribution in [0, 0.1) is 0 Å². The Morgan fingerprint density at radius 2 is 2.21 bits per heavy atom. The van der Waals surface area contributed by atoms with Gasteiger partial charge < -0.3 is 4.98 Å². The fourth-order valence-corrected chi connectivity index (χ4v) is 1.58. The lowest BCUT2D eigenvalue weighted by Gasteiger charge is -1.93. The first-order valence-corrected chi connectivity index (χ1v) is 5.25. The van der Waals surface area contributed by atoms with Gasteiger partial charge in [-0.2, -0.15) is 0 Å². The third kappa shape index (κ3) is 2.30. The number of H-pyrrole nitrogens is 1. The van der Waals surface area contributed by atoms with Gasteiger partial charge in [-0.25, -0.2) is 4.98 Å². The molecule has 14 heavy (non-hydrogen) atoms. The summed E-state index contributed by atoms with van der Waals surface area (Å²) < 4.78 is 0. The molecule has 1 atom stereocenters. The molecule has 1 aromatic carbocycles. The van der Waals surface area contributed by atoms with Crippen LogP contribution in [0.1, 0.15) is 17.6 Å². The zero-order chi connectivity index (χ0) is 9.42. The molecule has 0 fully saturated rings. The molecule has 0 aliphatic carbocycles. The van der Waals surface area contributed by atoms with Crippen LogP contribution in [0.5, 0.6) is 0 Å². The maximum Gasteiger partial charge on any atom is 0.120 e. The number of nitrogens with zero attached hydrogens (tertiary/aromatic N) is 1. The van der Waals surface area contributed by atoms with Gasteiger partial charge in [-0.3, -0.25) is 0 Å². The second-order valence-electron chi connectivity index (χ2n) is 2.90. The zero-order valence-corrected chi connectivity index (χ0v) is 11.5. The topological polar surface area (TPSA) is 28.7 Å². The van der Waals surface area contributed by atoms with Crippen LogP contribution in [0.3, 0.4) is 0 Å². The highest BCUT2D eigenvalue weighted by Gasteiger charge is 2.06. The third-order valence-corrected chi connectivity index (χ3v) is 2.51. The summed E-state index contributed by atoms with van der Waals surface area (Å²) in [4.78, 5) is 7.82. The van der Waals surface area contributed by atoms with Crippen LogP contribution in [0.25, 0.3) is 11.0 Å². The molecule has 2 nitrogen and oxygen atoms in total. The number of hydrogen-bond acceptors (Lipinski definition) is 1. The Bertz CT molecular complexity index is 439. The van der Waals surface area contributed by atoms with Gasteiger partial charge in [0.05, 0.1) is 15.9 Å². The Morgan fingerprint density at radius 1 is 1.50 bits per heavy atom. The zero-order valence-electron chi connectivity index (χ0n) is 7.42. The van der Waals surface area contributed by atoms with E-state index in [0.717, 1.165) is 21.9 Å². The van der Waals surface area contributed by atoms with E-state index in [0.29, 0.717) is 0 Å². The number of rotatable bonds is 1. The van der Waals surface area contributed by atoms with Crippen LogP contribution in [-0.2, 0) is 0 Å². The van der Waals surface area contributed by atoms with E-state index >= 15 is 0 Å². The highest BCUT2D eigenvalue weighted by atomic mass is 79.9. The highest BCUT2D eigenvalue weighted by molar-refractivity contribution is 9.09. The van der Waals surface area contributed by atoms with Crippen molar-refractivity contribution in [2.75, 3.05) is 0 Å². The van der Waals surface area contributed by atoms with E-state index in [1.165, 1.54) is 0 Å². The van der Waals surface area contributed by atoms with Crippen LogP contribution in [0.2, 0.25) is 5.02 Å². The molecule has 1 aromatic heterocycles. The van der Waals surface area contributed by atoms with Gasteiger partial charge in [0.2, 0.25) is 0 Å². The molecule has 1 N–H and O–H groups in total. The number of imidazole rings is 1. The van der Waals surface area contributed by atoms with Gasteiger partial charge >= 0.3 is 0 Å². The Hall–Kier alpha value is -0.0600. The normalized spacial score (nSPS) is 12.5. The quantitative estimate of drug-likeness (QED) is 0.773. The van der Waals surface area contributed by atoms with Crippen LogP contribution >= 0.6 is 44.5 Å². The number of hydrogen-bond donors (Lipinski definition) is 1. The molecular formula is C9H9Br2ClN2. The van der Waals surface area contributed by atoms with Crippen molar-refractivity contribution < 1.29 is 0 Å². The molecule has 1 heterocycles. The molecule has 0 aliphatic rings. The Labute approximate surface area is 106 Å². The molecule has 0 saturated heterocycles. The average molecular weight is 340 g/mol. The first-order chi connectivity index (χ1) is 6.16. The second kappa shape index (κ2) is 4.64. The largest absolute Gasteiger partial charge is 0.341 e. The second-order valence-corrected chi connectivity index (χ2v) is 4.71. The van der Waals surface area contributed by atoms with Crippen molar-refractivity contribution in [3.63, 3.8) is 0 Å². The number of benzene rings is 1. The molecule has 0 bridgehead atoms. The predicted molar refractivity (Wildman–Crippen MR) is 68.8 cm³/mol. The third-order valence-electron chi connectivity index (χ3n) is 1.84. The molecule has 0 spiro atoms. The minimum Gasteiger partial charge on any atom is -0.341 e. The lowest BCUT2D eigenvalue weighted by atomic mass is 10.3. The summed E-state index contributed by atoms with van der Waals surface area (Å²) in [5, 5.41) is 0.727. The monoisotopic (exact) mass is 338 g/mol. The lowest BCUT2D eigenvalue weighted by molar-refractivity contribution is 0.990. The Morgan fingerprint density at radius 3 is 2.86 bits per heavy atom. The number of aromatic nitrogens is 2. The number of aromatic amines is 1. The smallest absolute Gasteiger partial charge is 0.120 e. The summed E-state index contributed by atoms with van der Waals surface area (Å²) in [6, 6.07) is 5.63. The lowest BCUT2D eigenvalue weighted by Crippen LogP contribution is -1.84. The summed E-state index contributed by atoms with van der Waals surface area (Å²) in [6.45, 7) is 2.03. The summed E-state index contributed by atoms with van der Waals surface area (Å²) in [5.41, 5.74) is 1.93. The van der Waals surface area contributed by atoms with Gasteiger partial charge in [-0.05, 0) is 25.1 Å². The van der Waals surface area contributed by atoms with E-state index in [1.807, 2.05) is 25.1 Å². The van der Waals surface area contributed by atoms with Gasteiger partial charge in [0.25, 0.3) is 0 Å². The maximum atomic E-state index is 5.85. The van der Waals surface area contributed by atoms with Crippen molar-refractivity contribution in [1.29, 1.82) is 0 Å². The van der Waals surface area contributed by atoms with Crippen LogP contribution in [-0.4, -0.2) is 9.97 Å². The number of fused-ring (bicyclic) bond motifs is 1. The summed E-state index contributed by atoms with van der Waals surface area (Å²) >= 11 is 9.30. The SMILES string of the molecule is Br.CC(Br)c1nc2ccc(Cl)cc2[nH]1. The minimum atomic E-state index is 0. The number of halogens is 3. The Kier molecular flexibility index (Phi) is 3.98. The minimum absolute atomic E-state index is 0. The number of alkyl halides is 1. The first kappa shape index (κ1) is 12.0. The predicted octanol–water partition coefficient (Wildman–Crippen LogP) is 4.25. The fraction of sp³-hybridized carbons (Fsp3) is 0.222. The summed E-state index contributed by atoms with van der Waals surface area (Å²) in [7, 11) is 0. The van der Waals surface area contributed by atoms with Gasteiger partial charge in [-0.15, -0.1) is 17.0 Å². The van der Waals surface area contributed by atoms with Crippen molar-refractivity contribution in [3.8, 4) is 0 Å². The van der Waals surface area contributed by atoms with Crippen LogP contribution in [0.4, 0.5) is 0 Å². The molecule has 0 aliphatic heterocycles. The van der Waals surface area contributed by atoms with E-state index in [2.05, 4.69) is 25.9 Å². The van der Waals surface area contributed by atoms with Crippen molar-refractivity contribution in [1.82, 2.24) is 9.97 Å². The van der Waals surface area contributed by atoms with Crippen LogP contribution < -0.4 is 0 Å². The molecular weight excluding hydrogens is 331 g/mol. The fourth-order valence-electron chi connectivity index (χ4n) is 1.19. The molecule has 2 aromatic rings. The van der Waals surface area contributed by atoms with Crippen molar-refractivity contribution in [3.05, 3.63) is 29.0 Å². The Balaban J connectivity index is 0.000000980. The highest BCUT2D eigenvalue weighted by Crippen LogP contribution is 2.23. The van der Waals surface area contributed by atoms with E-state index in [1.54, 1.807) is 0 Å². The van der Waals surface area contributed by atoms with E-state index in [-0.39, 0.29) is 21.8 Å². The molecule has 5 heteroatoms. The summed E-state index contributed by atoms with van der Waals surface area (Å²) in [6.07, 6.45) is 0. The van der Waals surface area contributed by atoms with Gasteiger partial charge in [0, 0.05) is 5.02 Å². The summed E-state index contributed by atoms with van der Waals surface area (Å²) in [5.74, 6) is 0.928. The molecule has 1 unspecified atom stereocenters. The van der Waals surface area contributed by atoms with E-state index < -0.39 is 0 Å². The maximum absolute atomic E-state index is 5.85. The molecule has 76 valence electrons. The van der Waals surface area contributed by atoms with Crippen LogP contribution in [0.15, 0.2) is 18.2 Å². The van der Waals surface area contributed by atoms with Crippen molar-refractivity contribution in [2.24, 2.45) is 0 Å². The standard InChI is InChI=1S/C9H8BrClN2.BrH/c1-5(10)9-12-7-3-2-6(11)4-8(7)13-9;/h2-5H,1H3,(H,12,13);1H. The first-order valence-electron chi connectivity index (χ1n) is 3.96. The van der Waals surface area contributed by atoms with E-state index in [9.17, 15) is 0 Å². The molecule has 0 saturated carbocycles. The van der Waals surface area contributed by atoms with Gasteiger partial charge in [0.1, 0.15) is 5.82 Å².